The molecule has 3 heteroatoms. The normalized spacial score (nSPS) is 12.2. The van der Waals surface area contributed by atoms with Crippen molar-refractivity contribution in [2.45, 2.75) is 39.5 Å². The molecule has 0 aliphatic carbocycles. The summed E-state index contributed by atoms with van der Waals surface area (Å²) in [5.74, 6) is 0.683. The number of nitrogens with one attached hydrogen (secondary N) is 1. The second-order valence-electron chi connectivity index (χ2n) is 5.86. The van der Waals surface area contributed by atoms with E-state index in [1.54, 1.807) is 0 Å². The van der Waals surface area contributed by atoms with Gasteiger partial charge in [-0.05, 0) is 54.6 Å². The monoisotopic (exact) mass is 287 g/mol. The Morgan fingerprint density at radius 2 is 1.89 bits per heavy atom. The van der Waals surface area contributed by atoms with Crippen molar-refractivity contribution in [2.75, 3.05) is 13.1 Å². The Hall–Kier alpha value is -0.240. The van der Waals surface area contributed by atoms with Crippen LogP contribution in [0.25, 0.3) is 0 Å². The SMILES string of the molecule is CC(C)CNCCC(C)(C)c1cc(Cl)ccc1Cl. The van der Waals surface area contributed by atoms with Gasteiger partial charge in [-0.2, -0.15) is 0 Å². The fraction of sp³-hybridized carbons (Fsp3) is 0.600. The Balaban J connectivity index is 2.64. The van der Waals surface area contributed by atoms with Gasteiger partial charge in [0.25, 0.3) is 0 Å². The van der Waals surface area contributed by atoms with Gasteiger partial charge in [-0.15, -0.1) is 0 Å². The molecule has 0 atom stereocenters. The summed E-state index contributed by atoms with van der Waals surface area (Å²) in [6.07, 6.45) is 1.04. The van der Waals surface area contributed by atoms with Crippen molar-refractivity contribution < 1.29 is 0 Å². The predicted octanol–water partition coefficient (Wildman–Crippen LogP) is 4.91. The lowest BCUT2D eigenvalue weighted by Gasteiger charge is -2.27. The van der Waals surface area contributed by atoms with Crippen molar-refractivity contribution in [1.29, 1.82) is 0 Å². The second-order valence-corrected chi connectivity index (χ2v) is 6.70. The molecule has 18 heavy (non-hydrogen) atoms. The smallest absolute Gasteiger partial charge is 0.0444 e. The molecule has 0 unspecified atom stereocenters. The van der Waals surface area contributed by atoms with Gasteiger partial charge < -0.3 is 5.32 Å². The Labute approximate surface area is 121 Å². The summed E-state index contributed by atoms with van der Waals surface area (Å²) in [5.41, 5.74) is 1.16. The summed E-state index contributed by atoms with van der Waals surface area (Å²) in [6.45, 7) is 10.9. The van der Waals surface area contributed by atoms with Gasteiger partial charge in [0, 0.05) is 10.0 Å². The van der Waals surface area contributed by atoms with Gasteiger partial charge in [-0.3, -0.25) is 0 Å². The molecule has 0 amide bonds. The molecule has 0 aliphatic rings. The number of rotatable bonds is 6. The summed E-state index contributed by atoms with van der Waals surface area (Å²) in [6, 6.07) is 5.69. The van der Waals surface area contributed by atoms with E-state index in [0.29, 0.717) is 5.92 Å². The lowest BCUT2D eigenvalue weighted by molar-refractivity contribution is 0.442. The maximum absolute atomic E-state index is 6.26. The number of halogens is 2. The van der Waals surface area contributed by atoms with Crippen molar-refractivity contribution in [1.82, 2.24) is 5.32 Å². The molecule has 1 aromatic carbocycles. The molecule has 1 aromatic rings. The fourth-order valence-corrected chi connectivity index (χ4v) is 2.49. The van der Waals surface area contributed by atoms with Crippen LogP contribution in [0.15, 0.2) is 18.2 Å². The molecular formula is C15H23Cl2N. The summed E-state index contributed by atoms with van der Waals surface area (Å²) < 4.78 is 0. The van der Waals surface area contributed by atoms with E-state index in [0.717, 1.165) is 35.1 Å². The van der Waals surface area contributed by atoms with Crippen LogP contribution in [0.4, 0.5) is 0 Å². The van der Waals surface area contributed by atoms with Crippen LogP contribution in [-0.4, -0.2) is 13.1 Å². The van der Waals surface area contributed by atoms with Gasteiger partial charge in [0.15, 0.2) is 0 Å². The quantitative estimate of drug-likeness (QED) is 0.734. The molecule has 0 spiro atoms. The van der Waals surface area contributed by atoms with Gasteiger partial charge in [0.1, 0.15) is 0 Å². The lowest BCUT2D eigenvalue weighted by Crippen LogP contribution is -2.28. The highest BCUT2D eigenvalue weighted by atomic mass is 35.5. The summed E-state index contributed by atoms with van der Waals surface area (Å²) in [4.78, 5) is 0. The molecular weight excluding hydrogens is 265 g/mol. The molecule has 0 fully saturated rings. The third-order valence-electron chi connectivity index (χ3n) is 3.14. The second kappa shape index (κ2) is 6.79. The maximum atomic E-state index is 6.26. The summed E-state index contributed by atoms with van der Waals surface area (Å²) in [7, 11) is 0. The zero-order chi connectivity index (χ0) is 13.8. The Kier molecular flexibility index (Phi) is 5.97. The van der Waals surface area contributed by atoms with E-state index >= 15 is 0 Å². The average Bonchev–Trinajstić information content (AvgIpc) is 2.27. The van der Waals surface area contributed by atoms with E-state index in [-0.39, 0.29) is 5.41 Å². The van der Waals surface area contributed by atoms with Crippen LogP contribution >= 0.6 is 23.2 Å². The maximum Gasteiger partial charge on any atom is 0.0444 e. The Morgan fingerprint density at radius 1 is 1.22 bits per heavy atom. The van der Waals surface area contributed by atoms with Gasteiger partial charge in [-0.1, -0.05) is 50.9 Å². The first-order chi connectivity index (χ1) is 8.33. The van der Waals surface area contributed by atoms with Crippen LogP contribution in [0.1, 0.15) is 39.7 Å². The fourth-order valence-electron chi connectivity index (χ4n) is 1.94. The van der Waals surface area contributed by atoms with Crippen molar-refractivity contribution in [3.05, 3.63) is 33.8 Å². The van der Waals surface area contributed by atoms with Crippen molar-refractivity contribution in [2.24, 2.45) is 5.92 Å². The van der Waals surface area contributed by atoms with Crippen LogP contribution < -0.4 is 5.32 Å². The van der Waals surface area contributed by atoms with Crippen molar-refractivity contribution in [3.63, 3.8) is 0 Å². The van der Waals surface area contributed by atoms with E-state index in [9.17, 15) is 0 Å². The van der Waals surface area contributed by atoms with Crippen molar-refractivity contribution in [3.8, 4) is 0 Å². The highest BCUT2D eigenvalue weighted by Crippen LogP contribution is 2.34. The van der Waals surface area contributed by atoms with E-state index in [2.05, 4.69) is 33.0 Å². The molecule has 1 nitrogen and oxygen atoms in total. The predicted molar refractivity (Wildman–Crippen MR) is 81.8 cm³/mol. The first-order valence-electron chi connectivity index (χ1n) is 6.49. The average molecular weight is 288 g/mol. The van der Waals surface area contributed by atoms with Gasteiger partial charge in [0.05, 0.1) is 0 Å². The topological polar surface area (TPSA) is 12.0 Å². The minimum absolute atomic E-state index is 0.0337. The number of hydrogen-bond donors (Lipinski definition) is 1. The molecule has 0 saturated heterocycles. The minimum atomic E-state index is 0.0337. The molecule has 0 bridgehead atoms. The van der Waals surface area contributed by atoms with Gasteiger partial charge in [0.2, 0.25) is 0 Å². The highest BCUT2D eigenvalue weighted by molar-refractivity contribution is 6.33. The first kappa shape index (κ1) is 15.8. The standard InChI is InChI=1S/C15H23Cl2N/c1-11(2)10-18-8-7-15(3,4)13-9-12(16)5-6-14(13)17/h5-6,9,11,18H,7-8,10H2,1-4H3. The Morgan fingerprint density at radius 3 is 2.50 bits per heavy atom. The van der Waals surface area contributed by atoms with E-state index < -0.39 is 0 Å². The largest absolute Gasteiger partial charge is 0.316 e. The molecule has 1 rings (SSSR count). The third-order valence-corrected chi connectivity index (χ3v) is 3.70. The van der Waals surface area contributed by atoms with E-state index in [4.69, 9.17) is 23.2 Å². The molecule has 1 N–H and O–H groups in total. The molecule has 0 radical (unpaired) electrons. The molecule has 102 valence electrons. The Bertz CT molecular complexity index is 386. The van der Waals surface area contributed by atoms with Crippen LogP contribution in [0.5, 0.6) is 0 Å². The van der Waals surface area contributed by atoms with Crippen LogP contribution in [0, 0.1) is 5.92 Å². The van der Waals surface area contributed by atoms with Crippen molar-refractivity contribution >= 4 is 23.2 Å². The molecule has 0 aliphatic heterocycles. The van der Waals surface area contributed by atoms with Gasteiger partial charge >= 0.3 is 0 Å². The zero-order valence-corrected chi connectivity index (χ0v) is 13.2. The third kappa shape index (κ3) is 4.79. The van der Waals surface area contributed by atoms with Gasteiger partial charge in [-0.25, -0.2) is 0 Å². The number of benzene rings is 1. The van der Waals surface area contributed by atoms with E-state index in [1.165, 1.54) is 0 Å². The van der Waals surface area contributed by atoms with Crippen LogP contribution in [-0.2, 0) is 5.41 Å². The lowest BCUT2D eigenvalue weighted by atomic mass is 9.81. The minimum Gasteiger partial charge on any atom is -0.316 e. The highest BCUT2D eigenvalue weighted by Gasteiger charge is 2.23. The molecule has 0 saturated carbocycles. The van der Waals surface area contributed by atoms with Crippen LogP contribution in [0.3, 0.4) is 0 Å². The summed E-state index contributed by atoms with van der Waals surface area (Å²) in [5, 5.41) is 5.02. The first-order valence-corrected chi connectivity index (χ1v) is 7.25. The molecule has 0 heterocycles. The number of hydrogen-bond acceptors (Lipinski definition) is 1. The van der Waals surface area contributed by atoms with E-state index in [1.807, 2.05) is 18.2 Å². The summed E-state index contributed by atoms with van der Waals surface area (Å²) >= 11 is 12.3. The molecule has 0 aromatic heterocycles. The zero-order valence-electron chi connectivity index (χ0n) is 11.7. The van der Waals surface area contributed by atoms with Crippen LogP contribution in [0.2, 0.25) is 10.0 Å².